The van der Waals surface area contributed by atoms with Gasteiger partial charge in [0.15, 0.2) is 11.5 Å². The number of nitrogens with one attached hydrogen (secondary N) is 1. The topological polar surface area (TPSA) is 110 Å². The first-order chi connectivity index (χ1) is 13.1. The molecule has 2 amide bonds. The fraction of sp³-hybridized carbons (Fsp3) is 0.333. The molecule has 0 aliphatic carbocycles. The lowest BCUT2D eigenvalue weighted by molar-refractivity contribution is 0.189. The van der Waals surface area contributed by atoms with Crippen LogP contribution in [0.25, 0.3) is 0 Å². The fourth-order valence-electron chi connectivity index (χ4n) is 2.77. The van der Waals surface area contributed by atoms with Crippen molar-refractivity contribution < 1.29 is 19.0 Å². The number of likely N-dealkylation sites (tertiary alicyclic amines) is 1. The number of carbonyl (C=O) groups is 1. The van der Waals surface area contributed by atoms with Crippen molar-refractivity contribution in [3.63, 3.8) is 0 Å². The minimum absolute atomic E-state index is 0.130. The van der Waals surface area contributed by atoms with Gasteiger partial charge in [0.25, 0.3) is 5.88 Å². The van der Waals surface area contributed by atoms with Gasteiger partial charge in [-0.1, -0.05) is 0 Å². The highest BCUT2D eigenvalue weighted by Gasteiger charge is 2.29. The van der Waals surface area contributed by atoms with Gasteiger partial charge in [0.1, 0.15) is 12.2 Å². The molecule has 1 aromatic heterocycles. The molecule has 1 atom stereocenters. The lowest BCUT2D eigenvalue weighted by Gasteiger charge is -2.18. The predicted molar refractivity (Wildman–Crippen MR) is 95.9 cm³/mol. The van der Waals surface area contributed by atoms with Crippen molar-refractivity contribution >= 4 is 11.7 Å². The molecule has 3 rings (SSSR count). The molecule has 27 heavy (non-hydrogen) atoms. The van der Waals surface area contributed by atoms with Crippen LogP contribution < -0.4 is 19.5 Å². The Balaban J connectivity index is 1.60. The number of hydrogen-bond donors (Lipinski definition) is 1. The van der Waals surface area contributed by atoms with E-state index in [2.05, 4.69) is 15.3 Å². The summed E-state index contributed by atoms with van der Waals surface area (Å²) in [4.78, 5) is 22.1. The summed E-state index contributed by atoms with van der Waals surface area (Å²) < 4.78 is 16.2. The smallest absolute Gasteiger partial charge is 0.321 e. The number of ether oxygens (including phenoxy) is 3. The summed E-state index contributed by atoms with van der Waals surface area (Å²) in [7, 11) is 3.09. The van der Waals surface area contributed by atoms with Gasteiger partial charge in [0.2, 0.25) is 5.69 Å². The molecule has 140 valence electrons. The van der Waals surface area contributed by atoms with Gasteiger partial charge in [-0.25, -0.2) is 14.8 Å². The molecule has 1 N–H and O–H groups in total. The summed E-state index contributed by atoms with van der Waals surface area (Å²) in [5.41, 5.74) is 0.730. The number of aromatic nitrogens is 2. The Hall–Kier alpha value is -3.54. The van der Waals surface area contributed by atoms with E-state index in [4.69, 9.17) is 19.5 Å². The number of urea groups is 1. The van der Waals surface area contributed by atoms with Gasteiger partial charge in [-0.15, -0.1) is 0 Å². The lowest BCUT2D eigenvalue weighted by Crippen LogP contribution is -2.34. The van der Waals surface area contributed by atoms with Crippen molar-refractivity contribution in [1.82, 2.24) is 14.9 Å². The monoisotopic (exact) mass is 369 g/mol. The third-order valence-electron chi connectivity index (χ3n) is 4.12. The summed E-state index contributed by atoms with van der Waals surface area (Å²) in [6.07, 6.45) is 3.29. The molecule has 0 saturated carbocycles. The molecule has 0 spiro atoms. The number of carbonyl (C=O) groups excluding carboxylic acids is 1. The Bertz CT molecular complexity index is 867. The number of rotatable bonds is 5. The predicted octanol–water partition coefficient (Wildman–Crippen LogP) is 2.05. The van der Waals surface area contributed by atoms with Gasteiger partial charge in [-0.3, -0.25) is 0 Å². The Labute approximate surface area is 156 Å². The van der Waals surface area contributed by atoms with E-state index in [1.54, 1.807) is 30.2 Å². The van der Waals surface area contributed by atoms with E-state index in [-0.39, 0.29) is 23.7 Å². The van der Waals surface area contributed by atoms with Crippen molar-refractivity contribution in [2.24, 2.45) is 0 Å². The van der Waals surface area contributed by atoms with E-state index in [1.165, 1.54) is 19.5 Å². The van der Waals surface area contributed by atoms with E-state index in [9.17, 15) is 4.79 Å². The zero-order chi connectivity index (χ0) is 19.2. The first kappa shape index (κ1) is 18.3. The van der Waals surface area contributed by atoms with Gasteiger partial charge >= 0.3 is 6.03 Å². The number of nitriles is 1. The van der Waals surface area contributed by atoms with Crippen molar-refractivity contribution in [1.29, 1.82) is 5.26 Å². The largest absolute Gasteiger partial charge is 0.493 e. The number of nitrogens with zero attached hydrogens (tertiary/aromatic N) is 4. The molecular weight excluding hydrogens is 350 g/mol. The molecule has 9 nitrogen and oxygen atoms in total. The Morgan fingerprint density at radius 2 is 2.04 bits per heavy atom. The van der Waals surface area contributed by atoms with Crippen LogP contribution in [0, 0.1) is 11.3 Å². The highest BCUT2D eigenvalue weighted by atomic mass is 16.5. The van der Waals surface area contributed by atoms with Gasteiger partial charge in [-0.05, 0) is 12.1 Å². The van der Waals surface area contributed by atoms with Crippen LogP contribution in [0.3, 0.4) is 0 Å². The molecule has 1 aliphatic rings. The Kier molecular flexibility index (Phi) is 5.56. The van der Waals surface area contributed by atoms with Crippen molar-refractivity contribution in [2.75, 3.05) is 32.6 Å². The van der Waals surface area contributed by atoms with Crippen LogP contribution >= 0.6 is 0 Å². The van der Waals surface area contributed by atoms with E-state index < -0.39 is 0 Å². The van der Waals surface area contributed by atoms with E-state index >= 15 is 0 Å². The zero-order valence-corrected chi connectivity index (χ0v) is 15.0. The molecule has 1 fully saturated rings. The summed E-state index contributed by atoms with van der Waals surface area (Å²) in [6.45, 7) is 0.923. The van der Waals surface area contributed by atoms with Crippen LogP contribution in [0.15, 0.2) is 30.6 Å². The quantitative estimate of drug-likeness (QED) is 0.859. The molecule has 0 bridgehead atoms. The van der Waals surface area contributed by atoms with Crippen molar-refractivity contribution in [3.8, 4) is 23.4 Å². The van der Waals surface area contributed by atoms with Gasteiger partial charge in [0.05, 0.1) is 20.8 Å². The second kappa shape index (κ2) is 8.23. The molecule has 1 aromatic carbocycles. The van der Waals surface area contributed by atoms with Gasteiger partial charge in [-0.2, -0.15) is 5.26 Å². The maximum absolute atomic E-state index is 12.5. The van der Waals surface area contributed by atoms with Crippen molar-refractivity contribution in [3.05, 3.63) is 36.3 Å². The maximum atomic E-state index is 12.5. The average Bonchev–Trinajstić information content (AvgIpc) is 3.17. The van der Waals surface area contributed by atoms with Gasteiger partial charge < -0.3 is 24.4 Å². The Morgan fingerprint density at radius 1 is 1.26 bits per heavy atom. The highest BCUT2D eigenvalue weighted by molar-refractivity contribution is 5.90. The number of anilines is 1. The first-order valence-corrected chi connectivity index (χ1v) is 8.30. The van der Waals surface area contributed by atoms with Crippen LogP contribution in [0.5, 0.6) is 17.4 Å². The van der Waals surface area contributed by atoms with E-state index in [1.807, 2.05) is 6.07 Å². The number of amides is 2. The minimum Gasteiger partial charge on any atom is -0.493 e. The van der Waals surface area contributed by atoms with E-state index in [0.29, 0.717) is 36.7 Å². The first-order valence-electron chi connectivity index (χ1n) is 8.30. The average molecular weight is 369 g/mol. The third kappa shape index (κ3) is 4.17. The molecule has 1 saturated heterocycles. The molecule has 1 unspecified atom stereocenters. The molecule has 0 radical (unpaired) electrons. The lowest BCUT2D eigenvalue weighted by atomic mass is 10.3. The minimum atomic E-state index is -0.245. The van der Waals surface area contributed by atoms with Crippen LogP contribution in [0.2, 0.25) is 0 Å². The number of methoxy groups -OCH3 is 2. The standard InChI is InChI=1S/C18H19N5O4/c1-25-15-4-3-12(9-16(15)26-2)22-18(24)23-8-5-13(11-23)27-17-14(10-19)20-6-7-21-17/h3-4,6-7,9,13H,5,8,11H2,1-2H3,(H,22,24). The highest BCUT2D eigenvalue weighted by Crippen LogP contribution is 2.30. The van der Waals surface area contributed by atoms with E-state index in [0.717, 1.165) is 0 Å². The second-order valence-corrected chi connectivity index (χ2v) is 5.80. The van der Waals surface area contributed by atoms with Crippen LogP contribution in [0.4, 0.5) is 10.5 Å². The molecule has 2 aromatic rings. The normalized spacial score (nSPS) is 15.7. The SMILES string of the molecule is COc1ccc(NC(=O)N2CCC(Oc3nccnc3C#N)C2)cc1OC. The number of hydrogen-bond acceptors (Lipinski definition) is 7. The van der Waals surface area contributed by atoms with Crippen LogP contribution in [-0.4, -0.2) is 54.3 Å². The summed E-state index contributed by atoms with van der Waals surface area (Å²) in [6, 6.07) is 6.86. The summed E-state index contributed by atoms with van der Waals surface area (Å²) in [5.74, 6) is 1.30. The second-order valence-electron chi connectivity index (χ2n) is 5.80. The summed E-state index contributed by atoms with van der Waals surface area (Å²) >= 11 is 0. The molecule has 9 heteroatoms. The zero-order valence-electron chi connectivity index (χ0n) is 15.0. The summed E-state index contributed by atoms with van der Waals surface area (Å²) in [5, 5.41) is 11.9. The van der Waals surface area contributed by atoms with Crippen LogP contribution in [-0.2, 0) is 0 Å². The molecule has 1 aliphatic heterocycles. The fourth-order valence-corrected chi connectivity index (χ4v) is 2.77. The van der Waals surface area contributed by atoms with Gasteiger partial charge in [0, 0.05) is 37.1 Å². The van der Waals surface area contributed by atoms with Crippen molar-refractivity contribution in [2.45, 2.75) is 12.5 Å². The maximum Gasteiger partial charge on any atom is 0.321 e. The van der Waals surface area contributed by atoms with Crippen LogP contribution in [0.1, 0.15) is 12.1 Å². The molecule has 2 heterocycles. The molecular formula is C18H19N5O4. The third-order valence-corrected chi connectivity index (χ3v) is 4.12. The Morgan fingerprint density at radius 3 is 2.78 bits per heavy atom. The number of benzene rings is 1.